The number of hydrogen-bond donors (Lipinski definition) is 1. The highest BCUT2D eigenvalue weighted by molar-refractivity contribution is 6.01. The predicted octanol–water partition coefficient (Wildman–Crippen LogP) is 6.07. The van der Waals surface area contributed by atoms with Gasteiger partial charge in [0.15, 0.2) is 0 Å². The number of carbonyl (C=O) groups excluding carboxylic acids is 1. The van der Waals surface area contributed by atoms with Crippen molar-refractivity contribution in [3.05, 3.63) is 95.0 Å². The van der Waals surface area contributed by atoms with Crippen molar-refractivity contribution in [3.63, 3.8) is 0 Å². The van der Waals surface area contributed by atoms with Crippen molar-refractivity contribution in [3.8, 4) is 22.9 Å². The van der Waals surface area contributed by atoms with Crippen LogP contribution in [0.15, 0.2) is 77.0 Å². The summed E-state index contributed by atoms with van der Waals surface area (Å²) in [5, 5.41) is 7.39. The van der Waals surface area contributed by atoms with Crippen molar-refractivity contribution >= 4 is 17.3 Å². The number of anilines is 1. The van der Waals surface area contributed by atoms with E-state index in [4.69, 9.17) is 19.0 Å². The molecule has 1 atom stereocenters. The largest absolute Gasteiger partial charge is 0.497 e. The number of nitrogens with zero attached hydrogens (tertiary/aromatic N) is 3. The fraction of sp³-hybridized carbons (Fsp3) is 0.207. The molecule has 1 aliphatic heterocycles. The summed E-state index contributed by atoms with van der Waals surface area (Å²) in [4.78, 5) is 19.8. The maximum absolute atomic E-state index is 13.5. The second-order valence-corrected chi connectivity index (χ2v) is 8.99. The number of benzene rings is 3. The van der Waals surface area contributed by atoms with E-state index in [1.54, 1.807) is 37.3 Å². The second-order valence-electron chi connectivity index (χ2n) is 8.99. The number of urea groups is 1. The van der Waals surface area contributed by atoms with Crippen molar-refractivity contribution in [2.75, 3.05) is 19.1 Å². The Kier molecular flexibility index (Phi) is 6.40. The van der Waals surface area contributed by atoms with Crippen molar-refractivity contribution < 1.29 is 18.8 Å². The van der Waals surface area contributed by atoms with Crippen LogP contribution in [0.25, 0.3) is 17.0 Å². The Hall–Kier alpha value is -4.59. The molecule has 1 unspecified atom stereocenters. The molecule has 0 aliphatic carbocycles. The van der Waals surface area contributed by atoms with E-state index in [9.17, 15) is 4.79 Å². The highest BCUT2D eigenvalue weighted by Gasteiger charge is 2.37. The predicted molar refractivity (Wildman–Crippen MR) is 142 cm³/mol. The summed E-state index contributed by atoms with van der Waals surface area (Å²) in [5.41, 5.74) is 5.93. The summed E-state index contributed by atoms with van der Waals surface area (Å²) in [6.07, 6.45) is 0. The van der Waals surface area contributed by atoms with Gasteiger partial charge in [0.05, 0.1) is 31.5 Å². The minimum absolute atomic E-state index is 0.291. The van der Waals surface area contributed by atoms with E-state index >= 15 is 0 Å². The third-order valence-electron chi connectivity index (χ3n) is 6.42. The van der Waals surface area contributed by atoms with E-state index in [2.05, 4.69) is 10.5 Å². The molecule has 0 spiro atoms. The number of methoxy groups -OCH3 is 2. The molecule has 3 aromatic carbocycles. The van der Waals surface area contributed by atoms with Crippen LogP contribution in [-0.4, -0.2) is 30.4 Å². The number of ether oxygens (including phenoxy) is 2. The van der Waals surface area contributed by atoms with Crippen LogP contribution in [0.3, 0.4) is 0 Å². The van der Waals surface area contributed by atoms with Gasteiger partial charge in [0.25, 0.3) is 5.89 Å². The minimum atomic E-state index is -0.484. The van der Waals surface area contributed by atoms with Gasteiger partial charge in [0, 0.05) is 29.5 Å². The van der Waals surface area contributed by atoms with E-state index in [0.29, 0.717) is 40.2 Å². The maximum Gasteiger partial charge on any atom is 0.327 e. The molecular weight excluding hydrogens is 468 g/mol. The Morgan fingerprint density at radius 2 is 1.59 bits per heavy atom. The number of aryl methyl sites for hydroxylation is 2. The van der Waals surface area contributed by atoms with E-state index in [1.807, 2.05) is 69.3 Å². The van der Waals surface area contributed by atoms with Crippen molar-refractivity contribution in [1.29, 1.82) is 0 Å². The van der Waals surface area contributed by atoms with Crippen LogP contribution in [0, 0.1) is 13.8 Å². The number of aromatic nitrogens is 2. The van der Waals surface area contributed by atoms with E-state index in [1.165, 1.54) is 0 Å². The number of rotatable bonds is 6. The number of allylic oxidation sites excluding steroid dienone is 1. The van der Waals surface area contributed by atoms with Gasteiger partial charge in [0.2, 0.25) is 5.82 Å². The quantitative estimate of drug-likeness (QED) is 0.348. The first-order valence-electron chi connectivity index (χ1n) is 11.9. The van der Waals surface area contributed by atoms with Gasteiger partial charge >= 0.3 is 6.03 Å². The summed E-state index contributed by atoms with van der Waals surface area (Å²) in [5.74, 6) is 1.95. The third-order valence-corrected chi connectivity index (χ3v) is 6.42. The molecule has 5 rings (SSSR count). The van der Waals surface area contributed by atoms with Crippen molar-refractivity contribution in [1.82, 2.24) is 15.5 Å². The molecule has 8 heteroatoms. The number of hydrogen-bond acceptors (Lipinski definition) is 6. The fourth-order valence-electron chi connectivity index (χ4n) is 4.50. The molecule has 2 amide bonds. The van der Waals surface area contributed by atoms with E-state index < -0.39 is 6.04 Å². The molecule has 1 aliphatic rings. The third kappa shape index (κ3) is 4.65. The Morgan fingerprint density at radius 1 is 0.892 bits per heavy atom. The minimum Gasteiger partial charge on any atom is -0.497 e. The zero-order valence-electron chi connectivity index (χ0n) is 21.4. The molecule has 0 radical (unpaired) electrons. The lowest BCUT2D eigenvalue weighted by Gasteiger charge is -2.35. The van der Waals surface area contributed by atoms with Crippen LogP contribution in [0.5, 0.6) is 11.5 Å². The first-order chi connectivity index (χ1) is 17.9. The molecule has 1 N–H and O–H groups in total. The first kappa shape index (κ1) is 24.1. The van der Waals surface area contributed by atoms with Gasteiger partial charge < -0.3 is 19.3 Å². The summed E-state index contributed by atoms with van der Waals surface area (Å²) in [6.45, 7) is 5.91. The highest BCUT2D eigenvalue weighted by atomic mass is 16.5. The SMILES string of the molecule is COc1cc(OC)cc(N2C(=O)NC(c3ccc(C)cc3)C(c3nc(-c4cccc(C)c4)no3)=C2C)c1. The molecule has 4 aromatic rings. The van der Waals surface area contributed by atoms with Gasteiger partial charge in [-0.05, 0) is 32.4 Å². The molecule has 0 bridgehead atoms. The van der Waals surface area contributed by atoms with Crippen LogP contribution in [0.1, 0.15) is 35.5 Å². The number of carbonyl (C=O) groups is 1. The average Bonchev–Trinajstić information content (AvgIpc) is 3.38. The molecule has 1 aromatic heterocycles. The second kappa shape index (κ2) is 9.81. The van der Waals surface area contributed by atoms with Crippen molar-refractivity contribution in [2.45, 2.75) is 26.8 Å². The summed E-state index contributed by atoms with van der Waals surface area (Å²) in [7, 11) is 3.14. The Labute approximate surface area is 215 Å². The molecule has 37 heavy (non-hydrogen) atoms. The Bertz CT molecular complexity index is 1470. The Balaban J connectivity index is 1.67. The zero-order chi connectivity index (χ0) is 26.1. The lowest BCUT2D eigenvalue weighted by Crippen LogP contribution is -2.46. The van der Waals surface area contributed by atoms with Gasteiger partial charge in [-0.25, -0.2) is 4.79 Å². The fourth-order valence-corrected chi connectivity index (χ4v) is 4.50. The number of nitrogens with one attached hydrogen (secondary N) is 1. The molecule has 0 saturated heterocycles. The maximum atomic E-state index is 13.5. The highest BCUT2D eigenvalue weighted by Crippen LogP contribution is 2.40. The molecule has 2 heterocycles. The van der Waals surface area contributed by atoms with Crippen LogP contribution < -0.4 is 19.7 Å². The standard InChI is InChI=1S/C29H28N4O4/c1-17-9-11-20(12-10-17)26-25(28-31-27(32-37-28)21-8-6-7-18(2)13-21)19(3)33(29(34)30-26)22-14-23(35-4)16-24(15-22)36-5/h6-16,26H,1-5H3,(H,30,34). The zero-order valence-corrected chi connectivity index (χ0v) is 21.4. The summed E-state index contributed by atoms with van der Waals surface area (Å²) < 4.78 is 16.7. The molecule has 8 nitrogen and oxygen atoms in total. The molecule has 0 fully saturated rings. The van der Waals surface area contributed by atoms with Crippen molar-refractivity contribution in [2.24, 2.45) is 0 Å². The summed E-state index contributed by atoms with van der Waals surface area (Å²) in [6, 6.07) is 20.5. The average molecular weight is 497 g/mol. The number of amides is 2. The van der Waals surface area contributed by atoms with Crippen LogP contribution in [-0.2, 0) is 0 Å². The van der Waals surface area contributed by atoms with Gasteiger partial charge in [-0.1, -0.05) is 58.7 Å². The van der Waals surface area contributed by atoms with Crippen LogP contribution in [0.4, 0.5) is 10.5 Å². The van der Waals surface area contributed by atoms with Gasteiger partial charge in [-0.15, -0.1) is 0 Å². The van der Waals surface area contributed by atoms with Gasteiger partial charge in [-0.3, -0.25) is 4.90 Å². The van der Waals surface area contributed by atoms with E-state index in [-0.39, 0.29) is 6.03 Å². The first-order valence-corrected chi connectivity index (χ1v) is 11.9. The Morgan fingerprint density at radius 3 is 2.24 bits per heavy atom. The lowest BCUT2D eigenvalue weighted by atomic mass is 9.94. The molecule has 188 valence electrons. The van der Waals surface area contributed by atoms with Crippen LogP contribution >= 0.6 is 0 Å². The van der Waals surface area contributed by atoms with Crippen LogP contribution in [0.2, 0.25) is 0 Å². The molecular formula is C29H28N4O4. The lowest BCUT2D eigenvalue weighted by molar-refractivity contribution is 0.244. The van der Waals surface area contributed by atoms with Gasteiger partial charge in [-0.2, -0.15) is 4.98 Å². The topological polar surface area (TPSA) is 89.7 Å². The molecule has 0 saturated carbocycles. The summed E-state index contributed by atoms with van der Waals surface area (Å²) >= 11 is 0. The normalized spacial score (nSPS) is 15.5. The van der Waals surface area contributed by atoms with E-state index in [0.717, 1.165) is 22.3 Å². The smallest absolute Gasteiger partial charge is 0.327 e. The monoisotopic (exact) mass is 496 g/mol. The van der Waals surface area contributed by atoms with Gasteiger partial charge in [0.1, 0.15) is 11.5 Å².